The van der Waals surface area contributed by atoms with Gasteiger partial charge in [-0.3, -0.25) is 4.79 Å². The van der Waals surface area contributed by atoms with Crippen molar-refractivity contribution in [1.82, 2.24) is 20.1 Å². The van der Waals surface area contributed by atoms with Crippen LogP contribution in [0, 0.1) is 13.8 Å². The fraction of sp³-hybridized carbons (Fsp3) is 0.727. The molecule has 7 heteroatoms. The number of piperazine rings is 1. The minimum atomic E-state index is -0.301. The zero-order valence-electron chi connectivity index (χ0n) is 18.6. The van der Waals surface area contributed by atoms with Gasteiger partial charge in [-0.2, -0.15) is 0 Å². The van der Waals surface area contributed by atoms with Crippen LogP contribution in [0.25, 0.3) is 0 Å². The normalized spacial score (nSPS) is 15.4. The first-order valence-corrected chi connectivity index (χ1v) is 11.0. The minimum absolute atomic E-state index is 0.0575. The number of aromatic amines is 1. The molecule has 0 saturated carbocycles. The molecule has 2 heterocycles. The van der Waals surface area contributed by atoms with E-state index in [0.29, 0.717) is 31.6 Å². The highest BCUT2D eigenvalue weighted by Gasteiger charge is 2.19. The van der Waals surface area contributed by atoms with Crippen LogP contribution in [0.4, 0.5) is 0 Å². The van der Waals surface area contributed by atoms with E-state index in [1.54, 1.807) is 6.92 Å². The molecule has 2 rings (SSSR count). The standard InChI is InChI=1S/C22H38N4O3/c1-5-11-25-13-15-26(16-14-25)12-7-10-23-20(27)9-8-19-17(3)21(18(4)24-19)22(28)29-6-2/h24H,5-16H2,1-4H3,(H,23,27). The Labute approximate surface area is 175 Å². The van der Waals surface area contributed by atoms with E-state index in [-0.39, 0.29) is 11.9 Å². The lowest BCUT2D eigenvalue weighted by Crippen LogP contribution is -2.47. The summed E-state index contributed by atoms with van der Waals surface area (Å²) in [6.45, 7) is 15.7. The van der Waals surface area contributed by atoms with Crippen molar-refractivity contribution in [2.24, 2.45) is 0 Å². The number of rotatable bonds is 11. The number of hydrogen-bond acceptors (Lipinski definition) is 5. The lowest BCUT2D eigenvalue weighted by molar-refractivity contribution is -0.121. The number of carbonyl (C=O) groups is 2. The summed E-state index contributed by atoms with van der Waals surface area (Å²) in [4.78, 5) is 32.5. The van der Waals surface area contributed by atoms with E-state index >= 15 is 0 Å². The van der Waals surface area contributed by atoms with E-state index in [9.17, 15) is 9.59 Å². The molecule has 0 unspecified atom stereocenters. The molecular formula is C22H38N4O3. The average molecular weight is 407 g/mol. The number of aryl methyl sites for hydroxylation is 2. The fourth-order valence-electron chi connectivity index (χ4n) is 3.98. The minimum Gasteiger partial charge on any atom is -0.462 e. The van der Waals surface area contributed by atoms with E-state index in [0.717, 1.165) is 56.1 Å². The summed E-state index contributed by atoms with van der Waals surface area (Å²) in [6, 6.07) is 0. The SMILES string of the molecule is CCCN1CCN(CCCNC(=O)CCc2[nH]c(C)c(C(=O)OCC)c2C)CC1. The number of esters is 1. The Hall–Kier alpha value is -1.86. The molecule has 1 amide bonds. The Morgan fingerprint density at radius 1 is 1.07 bits per heavy atom. The van der Waals surface area contributed by atoms with Crippen LogP contribution in [-0.4, -0.2) is 79.1 Å². The van der Waals surface area contributed by atoms with Crippen LogP contribution in [0.5, 0.6) is 0 Å². The summed E-state index contributed by atoms with van der Waals surface area (Å²) < 4.78 is 5.12. The third-order valence-electron chi connectivity index (χ3n) is 5.60. The highest BCUT2D eigenvalue weighted by atomic mass is 16.5. The van der Waals surface area contributed by atoms with Crippen LogP contribution in [-0.2, 0) is 16.0 Å². The van der Waals surface area contributed by atoms with E-state index in [1.165, 1.54) is 13.0 Å². The summed E-state index contributed by atoms with van der Waals surface area (Å²) >= 11 is 0. The molecule has 0 spiro atoms. The first kappa shape index (κ1) is 23.4. The van der Waals surface area contributed by atoms with Crippen molar-refractivity contribution in [1.29, 1.82) is 0 Å². The van der Waals surface area contributed by atoms with Gasteiger partial charge in [-0.25, -0.2) is 4.79 Å². The molecule has 29 heavy (non-hydrogen) atoms. The molecule has 1 aliphatic rings. The van der Waals surface area contributed by atoms with Crippen molar-refractivity contribution < 1.29 is 14.3 Å². The van der Waals surface area contributed by atoms with Gasteiger partial charge in [0.05, 0.1) is 12.2 Å². The monoisotopic (exact) mass is 406 g/mol. The van der Waals surface area contributed by atoms with Gasteiger partial charge < -0.3 is 24.8 Å². The van der Waals surface area contributed by atoms with Gasteiger partial charge in [-0.05, 0) is 58.7 Å². The maximum absolute atomic E-state index is 12.2. The molecule has 7 nitrogen and oxygen atoms in total. The van der Waals surface area contributed by atoms with Crippen LogP contribution >= 0.6 is 0 Å². The molecule has 164 valence electrons. The molecule has 1 saturated heterocycles. The summed E-state index contributed by atoms with van der Waals surface area (Å²) in [5.41, 5.74) is 3.22. The number of nitrogens with zero attached hydrogens (tertiary/aromatic N) is 2. The van der Waals surface area contributed by atoms with E-state index < -0.39 is 0 Å². The van der Waals surface area contributed by atoms with Gasteiger partial charge in [0.2, 0.25) is 5.91 Å². The van der Waals surface area contributed by atoms with Crippen LogP contribution in [0.15, 0.2) is 0 Å². The maximum atomic E-state index is 12.2. The number of carbonyl (C=O) groups excluding carboxylic acids is 2. The van der Waals surface area contributed by atoms with Gasteiger partial charge in [0, 0.05) is 50.5 Å². The van der Waals surface area contributed by atoms with Crippen LogP contribution in [0.3, 0.4) is 0 Å². The molecule has 0 atom stereocenters. The average Bonchev–Trinajstić information content (AvgIpc) is 2.98. The molecule has 1 aromatic heterocycles. The van der Waals surface area contributed by atoms with E-state index in [1.807, 2.05) is 13.8 Å². The second kappa shape index (κ2) is 12.0. The zero-order valence-corrected chi connectivity index (χ0v) is 18.6. The summed E-state index contributed by atoms with van der Waals surface area (Å²) in [5.74, 6) is -0.243. The Morgan fingerprint density at radius 3 is 2.34 bits per heavy atom. The summed E-state index contributed by atoms with van der Waals surface area (Å²) in [5, 5.41) is 3.02. The lowest BCUT2D eigenvalue weighted by Gasteiger charge is -2.34. The summed E-state index contributed by atoms with van der Waals surface area (Å²) in [6.07, 6.45) is 3.21. The molecule has 0 bridgehead atoms. The second-order valence-electron chi connectivity index (χ2n) is 7.84. The van der Waals surface area contributed by atoms with Crippen molar-refractivity contribution in [2.45, 2.75) is 53.4 Å². The highest BCUT2D eigenvalue weighted by Crippen LogP contribution is 2.20. The third kappa shape index (κ3) is 7.16. The van der Waals surface area contributed by atoms with E-state index in [2.05, 4.69) is 27.0 Å². The predicted octanol–water partition coefficient (Wildman–Crippen LogP) is 2.27. The third-order valence-corrected chi connectivity index (χ3v) is 5.60. The molecule has 1 fully saturated rings. The van der Waals surface area contributed by atoms with Crippen molar-refractivity contribution in [3.05, 3.63) is 22.5 Å². The number of ether oxygens (including phenoxy) is 1. The predicted molar refractivity (Wildman–Crippen MR) is 115 cm³/mol. The smallest absolute Gasteiger partial charge is 0.340 e. The van der Waals surface area contributed by atoms with Crippen LogP contribution < -0.4 is 5.32 Å². The Bertz CT molecular complexity index is 663. The Kier molecular flexibility index (Phi) is 9.67. The molecule has 0 aromatic carbocycles. The molecule has 0 radical (unpaired) electrons. The first-order valence-electron chi connectivity index (χ1n) is 11.0. The van der Waals surface area contributed by atoms with Gasteiger partial charge in [-0.1, -0.05) is 6.92 Å². The topological polar surface area (TPSA) is 77.7 Å². The maximum Gasteiger partial charge on any atom is 0.340 e. The number of nitrogens with one attached hydrogen (secondary N) is 2. The molecule has 0 aliphatic carbocycles. The molecular weight excluding hydrogens is 368 g/mol. The molecule has 1 aliphatic heterocycles. The fourth-order valence-corrected chi connectivity index (χ4v) is 3.98. The zero-order chi connectivity index (χ0) is 21.2. The van der Waals surface area contributed by atoms with E-state index in [4.69, 9.17) is 4.74 Å². The Balaban J connectivity index is 1.65. The number of hydrogen-bond donors (Lipinski definition) is 2. The second-order valence-corrected chi connectivity index (χ2v) is 7.84. The Morgan fingerprint density at radius 2 is 1.72 bits per heavy atom. The molecule has 1 aromatic rings. The number of H-pyrrole nitrogens is 1. The van der Waals surface area contributed by atoms with Gasteiger partial charge in [0.25, 0.3) is 0 Å². The first-order chi connectivity index (χ1) is 14.0. The van der Waals surface area contributed by atoms with Gasteiger partial charge in [0.15, 0.2) is 0 Å². The van der Waals surface area contributed by atoms with Gasteiger partial charge >= 0.3 is 5.97 Å². The van der Waals surface area contributed by atoms with Crippen LogP contribution in [0.1, 0.15) is 60.4 Å². The van der Waals surface area contributed by atoms with Crippen molar-refractivity contribution in [3.63, 3.8) is 0 Å². The largest absolute Gasteiger partial charge is 0.462 e. The quantitative estimate of drug-likeness (QED) is 0.435. The van der Waals surface area contributed by atoms with Gasteiger partial charge in [-0.15, -0.1) is 0 Å². The van der Waals surface area contributed by atoms with Crippen molar-refractivity contribution in [2.75, 3.05) is 52.4 Å². The van der Waals surface area contributed by atoms with Crippen molar-refractivity contribution in [3.8, 4) is 0 Å². The highest BCUT2D eigenvalue weighted by molar-refractivity contribution is 5.92. The number of amides is 1. The summed E-state index contributed by atoms with van der Waals surface area (Å²) in [7, 11) is 0. The van der Waals surface area contributed by atoms with Crippen LogP contribution in [0.2, 0.25) is 0 Å². The number of aromatic nitrogens is 1. The lowest BCUT2D eigenvalue weighted by atomic mass is 10.1. The van der Waals surface area contributed by atoms with Crippen molar-refractivity contribution >= 4 is 11.9 Å². The van der Waals surface area contributed by atoms with Gasteiger partial charge in [0.1, 0.15) is 0 Å². The molecule has 2 N–H and O–H groups in total.